The summed E-state index contributed by atoms with van der Waals surface area (Å²) < 4.78 is 0.981. The lowest BCUT2D eigenvalue weighted by molar-refractivity contribution is -0.384. The Labute approximate surface area is 121 Å². The Morgan fingerprint density at radius 3 is 2.89 bits per heavy atom. The highest BCUT2D eigenvalue weighted by atomic mass is 79.9. The normalized spacial score (nSPS) is 10.2. The Kier molecular flexibility index (Phi) is 4.30. The monoisotopic (exact) mass is 343 g/mol. The maximum absolute atomic E-state index is 10.9. The molecule has 0 amide bonds. The first-order valence-corrected chi connectivity index (χ1v) is 6.86. The molecule has 9 heteroatoms. The second-order valence-corrected chi connectivity index (χ2v) is 5.46. The molecule has 0 aliphatic carbocycles. The molecule has 0 aliphatic rings. The van der Waals surface area contributed by atoms with Crippen molar-refractivity contribution in [3.63, 3.8) is 0 Å². The summed E-state index contributed by atoms with van der Waals surface area (Å²) in [5, 5.41) is 15.8. The van der Waals surface area contributed by atoms with E-state index in [-0.39, 0.29) is 11.5 Å². The fourth-order valence-electron chi connectivity index (χ4n) is 1.43. The number of pyridine rings is 1. The van der Waals surface area contributed by atoms with Crippen LogP contribution in [0.5, 0.6) is 0 Å². The molecule has 0 saturated heterocycles. The predicted molar refractivity (Wildman–Crippen MR) is 78.0 cm³/mol. The van der Waals surface area contributed by atoms with E-state index in [1.54, 1.807) is 11.3 Å². The van der Waals surface area contributed by atoms with Crippen molar-refractivity contribution in [1.29, 1.82) is 0 Å². The molecule has 2 aromatic heterocycles. The van der Waals surface area contributed by atoms with Gasteiger partial charge in [-0.25, -0.2) is 10.8 Å². The number of nitro groups is 1. The van der Waals surface area contributed by atoms with Gasteiger partial charge in [0.15, 0.2) is 0 Å². The molecule has 100 valence electrons. The van der Waals surface area contributed by atoms with E-state index in [2.05, 4.69) is 31.7 Å². The number of hydrogen-bond acceptors (Lipinski definition) is 7. The summed E-state index contributed by atoms with van der Waals surface area (Å²) in [6.07, 6.45) is 0. The maximum Gasteiger partial charge on any atom is 0.311 e. The zero-order valence-corrected chi connectivity index (χ0v) is 12.0. The van der Waals surface area contributed by atoms with E-state index >= 15 is 0 Å². The number of anilines is 2. The molecule has 0 radical (unpaired) electrons. The van der Waals surface area contributed by atoms with Gasteiger partial charge in [-0.05, 0) is 28.1 Å². The Bertz CT molecular complexity index is 603. The third-order valence-corrected chi connectivity index (χ3v) is 3.97. The Hall–Kier alpha value is -1.71. The third-order valence-electron chi connectivity index (χ3n) is 2.27. The van der Waals surface area contributed by atoms with Gasteiger partial charge in [0.25, 0.3) is 0 Å². The molecule has 0 bridgehead atoms. The smallest absolute Gasteiger partial charge is 0.311 e. The number of rotatable bonds is 5. The molecule has 0 aromatic carbocycles. The van der Waals surface area contributed by atoms with Gasteiger partial charge < -0.3 is 10.7 Å². The van der Waals surface area contributed by atoms with Crippen LogP contribution in [0.25, 0.3) is 0 Å². The molecular formula is C10H10BrN5O2S. The van der Waals surface area contributed by atoms with Gasteiger partial charge >= 0.3 is 5.69 Å². The molecular weight excluding hydrogens is 334 g/mol. The first-order chi connectivity index (χ1) is 9.10. The van der Waals surface area contributed by atoms with Crippen LogP contribution in [0.1, 0.15) is 4.88 Å². The summed E-state index contributed by atoms with van der Waals surface area (Å²) in [6, 6.07) is 4.74. The van der Waals surface area contributed by atoms with E-state index in [0.29, 0.717) is 12.4 Å². The Morgan fingerprint density at radius 2 is 2.32 bits per heavy atom. The van der Waals surface area contributed by atoms with E-state index in [1.807, 2.05) is 11.4 Å². The van der Waals surface area contributed by atoms with Gasteiger partial charge in [0.05, 0.1) is 11.5 Å². The van der Waals surface area contributed by atoms with Crippen LogP contribution in [0, 0.1) is 10.1 Å². The van der Waals surface area contributed by atoms with Crippen molar-refractivity contribution in [2.24, 2.45) is 5.84 Å². The molecule has 0 saturated carbocycles. The number of nitrogens with one attached hydrogen (secondary N) is 2. The Morgan fingerprint density at radius 1 is 1.53 bits per heavy atom. The van der Waals surface area contributed by atoms with E-state index < -0.39 is 4.92 Å². The predicted octanol–water partition coefficient (Wildman–Crippen LogP) is 2.71. The molecule has 0 aliphatic heterocycles. The molecule has 7 nitrogen and oxygen atoms in total. The summed E-state index contributed by atoms with van der Waals surface area (Å²) in [5.41, 5.74) is 2.27. The van der Waals surface area contributed by atoms with Crippen LogP contribution in [-0.2, 0) is 6.54 Å². The average Bonchev–Trinajstić information content (AvgIpc) is 2.81. The molecule has 0 spiro atoms. The number of hydrazine groups is 1. The highest BCUT2D eigenvalue weighted by molar-refractivity contribution is 9.10. The maximum atomic E-state index is 10.9. The minimum absolute atomic E-state index is 0.0883. The second kappa shape index (κ2) is 5.95. The number of halogens is 1. The highest BCUT2D eigenvalue weighted by Gasteiger charge is 2.15. The quantitative estimate of drug-likeness (QED) is 0.437. The van der Waals surface area contributed by atoms with Crippen LogP contribution in [-0.4, -0.2) is 9.91 Å². The van der Waals surface area contributed by atoms with Crippen molar-refractivity contribution in [2.75, 3.05) is 10.7 Å². The van der Waals surface area contributed by atoms with Gasteiger partial charge in [0.2, 0.25) is 5.82 Å². The van der Waals surface area contributed by atoms with Crippen LogP contribution in [0.2, 0.25) is 0 Å². The number of hydrogen-bond donors (Lipinski definition) is 3. The number of nitrogens with zero attached hydrogens (tertiary/aromatic N) is 2. The number of aromatic nitrogens is 1. The number of nitrogens with two attached hydrogens (primary N) is 1. The van der Waals surface area contributed by atoms with Crippen molar-refractivity contribution in [1.82, 2.24) is 4.98 Å². The van der Waals surface area contributed by atoms with E-state index in [4.69, 9.17) is 5.84 Å². The van der Waals surface area contributed by atoms with E-state index in [9.17, 15) is 10.1 Å². The van der Waals surface area contributed by atoms with Crippen LogP contribution < -0.4 is 16.6 Å². The molecule has 0 atom stereocenters. The Balaban J connectivity index is 2.19. The zero-order chi connectivity index (χ0) is 13.8. The van der Waals surface area contributed by atoms with Gasteiger partial charge in [0, 0.05) is 20.8 Å². The zero-order valence-electron chi connectivity index (χ0n) is 9.59. The summed E-state index contributed by atoms with van der Waals surface area (Å²) in [6.45, 7) is 0.456. The van der Waals surface area contributed by atoms with Gasteiger partial charge in [-0.1, -0.05) is 0 Å². The lowest BCUT2D eigenvalue weighted by Gasteiger charge is -2.06. The van der Waals surface area contributed by atoms with Gasteiger partial charge in [-0.2, -0.15) is 0 Å². The summed E-state index contributed by atoms with van der Waals surface area (Å²) in [7, 11) is 0. The minimum atomic E-state index is -0.486. The molecule has 0 unspecified atom stereocenters. The first kappa shape index (κ1) is 13.7. The first-order valence-electron chi connectivity index (χ1n) is 5.19. The van der Waals surface area contributed by atoms with Gasteiger partial charge in [-0.3, -0.25) is 10.1 Å². The van der Waals surface area contributed by atoms with Crippen molar-refractivity contribution >= 4 is 44.6 Å². The lowest BCUT2D eigenvalue weighted by Crippen LogP contribution is -2.11. The van der Waals surface area contributed by atoms with Crippen molar-refractivity contribution in [3.8, 4) is 0 Å². The van der Waals surface area contributed by atoms with Gasteiger partial charge in [-0.15, -0.1) is 11.3 Å². The number of nitrogen functional groups attached to an aromatic ring is 1. The fourth-order valence-corrected chi connectivity index (χ4v) is 2.82. The van der Waals surface area contributed by atoms with E-state index in [1.165, 1.54) is 12.1 Å². The second-order valence-electron chi connectivity index (χ2n) is 3.55. The molecule has 2 rings (SSSR count). The summed E-state index contributed by atoms with van der Waals surface area (Å²) >= 11 is 4.90. The van der Waals surface area contributed by atoms with Crippen LogP contribution >= 0.6 is 27.3 Å². The average molecular weight is 344 g/mol. The van der Waals surface area contributed by atoms with Crippen molar-refractivity contribution in [3.05, 3.63) is 43.0 Å². The molecule has 2 aromatic rings. The SMILES string of the molecule is NNc1ccc([N+](=O)[O-])c(NCc2cc(Br)cs2)n1. The summed E-state index contributed by atoms with van der Waals surface area (Å²) in [5.74, 6) is 5.79. The standard InChI is InChI=1S/C10H10BrN5O2S/c11-6-3-7(19-5-6)4-13-10-8(16(17)18)1-2-9(14-10)15-12/h1-3,5H,4,12H2,(H2,13,14,15). The van der Waals surface area contributed by atoms with Crippen molar-refractivity contribution < 1.29 is 4.92 Å². The minimum Gasteiger partial charge on any atom is -0.359 e. The van der Waals surface area contributed by atoms with E-state index in [0.717, 1.165) is 9.35 Å². The topological polar surface area (TPSA) is 106 Å². The van der Waals surface area contributed by atoms with Crippen LogP contribution in [0.15, 0.2) is 28.1 Å². The molecule has 4 N–H and O–H groups in total. The van der Waals surface area contributed by atoms with Gasteiger partial charge in [0.1, 0.15) is 5.82 Å². The lowest BCUT2D eigenvalue weighted by atomic mass is 10.3. The highest BCUT2D eigenvalue weighted by Crippen LogP contribution is 2.26. The molecule has 2 heterocycles. The molecule has 0 fully saturated rings. The molecule has 19 heavy (non-hydrogen) atoms. The largest absolute Gasteiger partial charge is 0.359 e. The van der Waals surface area contributed by atoms with Crippen LogP contribution in [0.4, 0.5) is 17.3 Å². The van der Waals surface area contributed by atoms with Crippen LogP contribution in [0.3, 0.4) is 0 Å². The third kappa shape index (κ3) is 3.40. The number of thiophene rings is 1. The van der Waals surface area contributed by atoms with Crippen molar-refractivity contribution in [2.45, 2.75) is 6.54 Å². The fraction of sp³-hybridized carbons (Fsp3) is 0.100. The summed E-state index contributed by atoms with van der Waals surface area (Å²) in [4.78, 5) is 15.5.